The third-order valence-electron chi connectivity index (χ3n) is 8.67. The lowest BCUT2D eigenvalue weighted by Crippen LogP contribution is -2.09. The summed E-state index contributed by atoms with van der Waals surface area (Å²) in [5.41, 5.74) is 11.3. The maximum atomic E-state index is 6.28. The van der Waals surface area contributed by atoms with Crippen LogP contribution in [0.4, 0.5) is 17.1 Å². The van der Waals surface area contributed by atoms with Gasteiger partial charge in [-0.3, -0.25) is 0 Å². The van der Waals surface area contributed by atoms with Crippen LogP contribution in [0.15, 0.2) is 174 Å². The molecular weight excluding hydrogens is 546 g/mol. The summed E-state index contributed by atoms with van der Waals surface area (Å²) in [7, 11) is 0. The number of hydrogen-bond donors (Lipinski definition) is 0. The van der Waals surface area contributed by atoms with Crippen LogP contribution < -0.4 is 4.90 Å². The van der Waals surface area contributed by atoms with Gasteiger partial charge in [-0.1, -0.05) is 121 Å². The van der Waals surface area contributed by atoms with Crippen molar-refractivity contribution in [3.63, 3.8) is 0 Å². The lowest BCUT2D eigenvalue weighted by atomic mass is 9.98. The zero-order valence-electron chi connectivity index (χ0n) is 25.0. The maximum Gasteiger partial charge on any atom is 0.138 e. The molecule has 1 heterocycles. The number of rotatable bonds is 6. The Labute approximate surface area is 263 Å². The Balaban J connectivity index is 1.14. The minimum Gasteiger partial charge on any atom is -0.456 e. The Morgan fingerprint density at radius 1 is 0.422 bits per heavy atom. The minimum atomic E-state index is 0.922. The first-order valence-corrected chi connectivity index (χ1v) is 15.4. The van der Waals surface area contributed by atoms with E-state index >= 15 is 0 Å². The van der Waals surface area contributed by atoms with Crippen LogP contribution in [-0.2, 0) is 0 Å². The molecule has 0 unspecified atom stereocenters. The zero-order chi connectivity index (χ0) is 30.2. The topological polar surface area (TPSA) is 16.4 Å². The van der Waals surface area contributed by atoms with E-state index in [4.69, 9.17) is 4.42 Å². The van der Waals surface area contributed by atoms with Gasteiger partial charge in [0.15, 0.2) is 0 Å². The number of nitrogens with zero attached hydrogens (tertiary/aromatic N) is 1. The molecule has 0 N–H and O–H groups in total. The van der Waals surface area contributed by atoms with Crippen molar-refractivity contribution in [1.82, 2.24) is 0 Å². The summed E-state index contributed by atoms with van der Waals surface area (Å²) >= 11 is 0. The molecule has 0 aliphatic heterocycles. The van der Waals surface area contributed by atoms with Crippen molar-refractivity contribution >= 4 is 38.8 Å². The highest BCUT2D eigenvalue weighted by Gasteiger charge is 2.15. The molecule has 7 aromatic carbocycles. The van der Waals surface area contributed by atoms with Gasteiger partial charge in [-0.05, 0) is 88.5 Å². The molecule has 8 rings (SSSR count). The molecule has 2 nitrogen and oxygen atoms in total. The first-order valence-electron chi connectivity index (χ1n) is 15.4. The van der Waals surface area contributed by atoms with Gasteiger partial charge in [-0.25, -0.2) is 0 Å². The molecule has 0 saturated carbocycles. The van der Waals surface area contributed by atoms with Gasteiger partial charge in [0.25, 0.3) is 0 Å². The molecule has 0 spiro atoms. The van der Waals surface area contributed by atoms with E-state index in [0.717, 1.165) is 50.5 Å². The van der Waals surface area contributed by atoms with Gasteiger partial charge >= 0.3 is 0 Å². The third kappa shape index (κ3) is 4.97. The van der Waals surface area contributed by atoms with E-state index in [2.05, 4.69) is 170 Å². The van der Waals surface area contributed by atoms with E-state index in [1.54, 1.807) is 0 Å². The molecule has 8 aromatic rings. The summed E-state index contributed by atoms with van der Waals surface area (Å²) in [4.78, 5) is 2.31. The van der Waals surface area contributed by atoms with Crippen molar-refractivity contribution in [3.05, 3.63) is 175 Å². The van der Waals surface area contributed by atoms with Crippen LogP contribution in [0, 0.1) is 6.92 Å². The van der Waals surface area contributed by atoms with Crippen LogP contribution in [0.25, 0.3) is 55.3 Å². The molecule has 0 aliphatic carbocycles. The Kier molecular flexibility index (Phi) is 6.73. The molecule has 1 aromatic heterocycles. The largest absolute Gasteiger partial charge is 0.456 e. The molecule has 0 saturated heterocycles. The average Bonchev–Trinajstić information content (AvgIpc) is 3.45. The highest BCUT2D eigenvalue weighted by atomic mass is 16.3. The lowest BCUT2D eigenvalue weighted by Gasteiger charge is -2.26. The van der Waals surface area contributed by atoms with E-state index in [9.17, 15) is 0 Å². The van der Waals surface area contributed by atoms with Gasteiger partial charge in [0.05, 0.1) is 0 Å². The predicted octanol–water partition coefficient (Wildman–Crippen LogP) is 12.4. The van der Waals surface area contributed by atoms with E-state index < -0.39 is 0 Å². The van der Waals surface area contributed by atoms with Crippen molar-refractivity contribution in [1.29, 1.82) is 0 Å². The lowest BCUT2D eigenvalue weighted by molar-refractivity contribution is 0.629. The van der Waals surface area contributed by atoms with Crippen LogP contribution in [-0.4, -0.2) is 0 Å². The van der Waals surface area contributed by atoms with E-state index in [-0.39, 0.29) is 0 Å². The monoisotopic (exact) mass is 577 g/mol. The average molecular weight is 578 g/mol. The summed E-state index contributed by atoms with van der Waals surface area (Å²) < 4.78 is 6.28. The van der Waals surface area contributed by atoms with Crippen molar-refractivity contribution < 1.29 is 4.42 Å². The fourth-order valence-electron chi connectivity index (χ4n) is 6.38. The predicted molar refractivity (Wildman–Crippen MR) is 189 cm³/mol. The molecule has 0 aliphatic rings. The normalized spacial score (nSPS) is 11.2. The molecule has 214 valence electrons. The molecule has 0 radical (unpaired) electrons. The van der Waals surface area contributed by atoms with Crippen LogP contribution in [0.5, 0.6) is 0 Å². The summed E-state index contributed by atoms with van der Waals surface area (Å²) in [6.07, 6.45) is 0. The van der Waals surface area contributed by atoms with E-state index in [1.807, 2.05) is 12.1 Å². The Morgan fingerprint density at radius 3 is 1.76 bits per heavy atom. The standard InChI is InChI=1S/C43H31NO/c1-30-39-17-7-8-20-42(39)45-43(30)35-14-9-13-34(29-35)31-21-25-37(26-22-31)44(36-15-3-2-4-16-36)38-27-23-33(24-28-38)41-19-10-12-32-11-5-6-18-40(32)41/h2-29H,1H3. The first kappa shape index (κ1) is 26.7. The zero-order valence-corrected chi connectivity index (χ0v) is 25.0. The Hall–Kier alpha value is -5.86. The number of benzene rings is 7. The fourth-order valence-corrected chi connectivity index (χ4v) is 6.38. The van der Waals surface area contributed by atoms with Crippen molar-refractivity contribution in [2.24, 2.45) is 0 Å². The molecular formula is C43H31NO. The van der Waals surface area contributed by atoms with Crippen molar-refractivity contribution in [3.8, 4) is 33.6 Å². The number of aryl methyl sites for hydroxylation is 1. The summed E-state index contributed by atoms with van der Waals surface area (Å²) in [6, 6.07) is 60.2. The second kappa shape index (κ2) is 11.3. The number of anilines is 3. The molecule has 0 fully saturated rings. The SMILES string of the molecule is Cc1c(-c2cccc(-c3ccc(N(c4ccccc4)c4ccc(-c5cccc6ccccc56)cc4)cc3)c2)oc2ccccc12. The van der Waals surface area contributed by atoms with Crippen LogP contribution in [0.2, 0.25) is 0 Å². The number of para-hydroxylation sites is 2. The molecule has 0 atom stereocenters. The van der Waals surface area contributed by atoms with Crippen molar-refractivity contribution in [2.45, 2.75) is 6.92 Å². The first-order chi connectivity index (χ1) is 22.2. The number of hydrogen-bond acceptors (Lipinski definition) is 2. The minimum absolute atomic E-state index is 0.922. The smallest absolute Gasteiger partial charge is 0.138 e. The van der Waals surface area contributed by atoms with Crippen molar-refractivity contribution in [2.75, 3.05) is 4.90 Å². The molecule has 0 amide bonds. The van der Waals surface area contributed by atoms with Gasteiger partial charge < -0.3 is 9.32 Å². The van der Waals surface area contributed by atoms with E-state index in [0.29, 0.717) is 0 Å². The van der Waals surface area contributed by atoms with Gasteiger partial charge in [-0.15, -0.1) is 0 Å². The molecule has 45 heavy (non-hydrogen) atoms. The Bertz CT molecular complexity index is 2260. The maximum absolute atomic E-state index is 6.28. The summed E-state index contributed by atoms with van der Waals surface area (Å²) in [5.74, 6) is 0.928. The van der Waals surface area contributed by atoms with Crippen LogP contribution >= 0.6 is 0 Å². The molecule has 0 bridgehead atoms. The molecule has 2 heteroatoms. The van der Waals surface area contributed by atoms with Gasteiger partial charge in [-0.2, -0.15) is 0 Å². The second-order valence-electron chi connectivity index (χ2n) is 11.4. The highest BCUT2D eigenvalue weighted by molar-refractivity contribution is 5.97. The fraction of sp³-hybridized carbons (Fsp3) is 0.0233. The third-order valence-corrected chi connectivity index (χ3v) is 8.67. The number of fused-ring (bicyclic) bond motifs is 2. The van der Waals surface area contributed by atoms with Gasteiger partial charge in [0.2, 0.25) is 0 Å². The van der Waals surface area contributed by atoms with Crippen LogP contribution in [0.3, 0.4) is 0 Å². The summed E-state index contributed by atoms with van der Waals surface area (Å²) in [6.45, 7) is 2.13. The Morgan fingerprint density at radius 2 is 1.00 bits per heavy atom. The van der Waals surface area contributed by atoms with Gasteiger partial charge in [0, 0.05) is 33.6 Å². The summed E-state index contributed by atoms with van der Waals surface area (Å²) in [5, 5.41) is 3.68. The quantitative estimate of drug-likeness (QED) is 0.195. The van der Waals surface area contributed by atoms with Crippen LogP contribution in [0.1, 0.15) is 5.56 Å². The highest BCUT2D eigenvalue weighted by Crippen LogP contribution is 2.39. The number of furan rings is 1. The second-order valence-corrected chi connectivity index (χ2v) is 11.4. The van der Waals surface area contributed by atoms with Gasteiger partial charge in [0.1, 0.15) is 11.3 Å². The van der Waals surface area contributed by atoms with E-state index in [1.165, 1.54) is 27.5 Å².